The number of fused-ring (bicyclic) bond motifs is 1. The van der Waals surface area contributed by atoms with Gasteiger partial charge in [0.25, 0.3) is 5.91 Å². The Morgan fingerprint density at radius 2 is 2.20 bits per heavy atom. The predicted octanol–water partition coefficient (Wildman–Crippen LogP) is 1.50. The van der Waals surface area contributed by atoms with Crippen molar-refractivity contribution >= 4 is 29.5 Å². The molecule has 6 heteroatoms. The average molecular weight is 295 g/mol. The Labute approximate surface area is 121 Å². The minimum atomic E-state index is -0.372. The number of ether oxygens (including phenoxy) is 1. The van der Waals surface area contributed by atoms with Crippen molar-refractivity contribution in [3.05, 3.63) is 34.4 Å². The van der Waals surface area contributed by atoms with E-state index in [1.807, 2.05) is 0 Å². The quantitative estimate of drug-likeness (QED) is 0.808. The van der Waals surface area contributed by atoms with E-state index in [0.29, 0.717) is 29.3 Å². The van der Waals surface area contributed by atoms with Crippen LogP contribution in [0.1, 0.15) is 18.4 Å². The molecule has 0 saturated heterocycles. The van der Waals surface area contributed by atoms with Crippen molar-refractivity contribution in [1.29, 1.82) is 0 Å². The number of nitrogens with one attached hydrogen (secondary N) is 1. The van der Waals surface area contributed by atoms with Gasteiger partial charge in [0.1, 0.15) is 12.4 Å². The number of hydrogen-bond acceptors (Lipinski definition) is 3. The molecule has 1 aliphatic rings. The van der Waals surface area contributed by atoms with Crippen molar-refractivity contribution in [2.24, 2.45) is 5.73 Å². The van der Waals surface area contributed by atoms with E-state index in [1.165, 1.54) is 0 Å². The van der Waals surface area contributed by atoms with Crippen LogP contribution in [0, 0.1) is 0 Å². The molecule has 3 N–H and O–H groups in total. The summed E-state index contributed by atoms with van der Waals surface area (Å²) in [5.74, 6) is 0.128. The second-order valence-electron chi connectivity index (χ2n) is 4.47. The first-order valence-corrected chi connectivity index (χ1v) is 6.63. The fourth-order valence-electron chi connectivity index (χ4n) is 1.86. The topological polar surface area (TPSA) is 81.4 Å². The van der Waals surface area contributed by atoms with Crippen LogP contribution >= 0.6 is 11.6 Å². The van der Waals surface area contributed by atoms with E-state index >= 15 is 0 Å². The zero-order valence-electron chi connectivity index (χ0n) is 10.8. The van der Waals surface area contributed by atoms with Crippen molar-refractivity contribution < 1.29 is 14.3 Å². The molecule has 0 saturated carbocycles. The van der Waals surface area contributed by atoms with Crippen molar-refractivity contribution in [3.8, 4) is 5.75 Å². The predicted molar refractivity (Wildman–Crippen MR) is 76.4 cm³/mol. The highest BCUT2D eigenvalue weighted by molar-refractivity contribution is 6.30. The number of carbonyl (C=O) groups is 2. The fraction of sp³-hybridized carbons (Fsp3) is 0.286. The molecule has 1 aromatic rings. The third kappa shape index (κ3) is 3.74. The summed E-state index contributed by atoms with van der Waals surface area (Å²) < 4.78 is 5.49. The van der Waals surface area contributed by atoms with Crippen LogP contribution in [0.2, 0.25) is 5.02 Å². The highest BCUT2D eigenvalue weighted by Gasteiger charge is 2.17. The number of halogens is 1. The van der Waals surface area contributed by atoms with Crippen molar-refractivity contribution in [2.45, 2.75) is 12.8 Å². The molecule has 2 rings (SSSR count). The van der Waals surface area contributed by atoms with Gasteiger partial charge >= 0.3 is 0 Å². The number of primary amides is 1. The van der Waals surface area contributed by atoms with Gasteiger partial charge in [0.15, 0.2) is 0 Å². The summed E-state index contributed by atoms with van der Waals surface area (Å²) in [7, 11) is 0. The largest absolute Gasteiger partial charge is 0.488 e. The molecular weight excluding hydrogens is 280 g/mol. The van der Waals surface area contributed by atoms with E-state index in [2.05, 4.69) is 5.32 Å². The number of nitrogens with two attached hydrogens (primary N) is 1. The molecule has 0 aliphatic carbocycles. The molecule has 1 aromatic carbocycles. The smallest absolute Gasteiger partial charge is 0.250 e. The van der Waals surface area contributed by atoms with E-state index in [0.717, 1.165) is 5.56 Å². The van der Waals surface area contributed by atoms with E-state index in [9.17, 15) is 9.59 Å². The van der Waals surface area contributed by atoms with Gasteiger partial charge in [-0.1, -0.05) is 11.6 Å². The van der Waals surface area contributed by atoms with Crippen molar-refractivity contribution in [2.75, 3.05) is 13.2 Å². The molecule has 0 spiro atoms. The zero-order chi connectivity index (χ0) is 14.5. The third-order valence-electron chi connectivity index (χ3n) is 2.86. The van der Waals surface area contributed by atoms with Crippen molar-refractivity contribution in [1.82, 2.24) is 5.32 Å². The normalized spacial score (nSPS) is 12.9. The summed E-state index contributed by atoms with van der Waals surface area (Å²) in [6, 6.07) is 5.26. The Morgan fingerprint density at radius 1 is 1.40 bits per heavy atom. The molecule has 0 aromatic heterocycles. The van der Waals surface area contributed by atoms with Crippen LogP contribution in [-0.2, 0) is 9.59 Å². The Kier molecular flexibility index (Phi) is 4.63. The molecule has 0 radical (unpaired) electrons. The summed E-state index contributed by atoms with van der Waals surface area (Å²) in [5, 5.41) is 3.31. The average Bonchev–Trinajstić information content (AvgIpc) is 2.42. The summed E-state index contributed by atoms with van der Waals surface area (Å²) in [6.07, 6.45) is 2.54. The summed E-state index contributed by atoms with van der Waals surface area (Å²) >= 11 is 5.91. The standard InChI is InChI=1S/C14H15ClN2O3/c15-11-3-4-12-9(7-11)6-10(8-20-12)14(19)17-5-1-2-13(16)18/h3-4,6-7H,1-2,5,8H2,(H2,16,18)(H,17,19). The molecule has 0 fully saturated rings. The monoisotopic (exact) mass is 294 g/mol. The molecular formula is C14H15ClN2O3. The van der Waals surface area contributed by atoms with Gasteiger partial charge in [-0.2, -0.15) is 0 Å². The summed E-state index contributed by atoms with van der Waals surface area (Å²) in [5.41, 5.74) is 6.33. The minimum absolute atomic E-state index is 0.208. The fourth-order valence-corrected chi connectivity index (χ4v) is 2.04. The van der Waals surface area contributed by atoms with Crippen LogP contribution in [-0.4, -0.2) is 25.0 Å². The summed E-state index contributed by atoms with van der Waals surface area (Å²) in [4.78, 5) is 22.5. The lowest BCUT2D eigenvalue weighted by molar-refractivity contribution is -0.119. The van der Waals surface area contributed by atoms with Gasteiger partial charge in [-0.25, -0.2) is 0 Å². The van der Waals surface area contributed by atoms with Gasteiger partial charge in [-0.3, -0.25) is 9.59 Å². The maximum absolute atomic E-state index is 11.9. The Balaban J connectivity index is 1.96. The number of hydrogen-bond donors (Lipinski definition) is 2. The van der Waals surface area contributed by atoms with Crippen LogP contribution in [0.3, 0.4) is 0 Å². The first kappa shape index (κ1) is 14.4. The Bertz CT molecular complexity index is 570. The van der Waals surface area contributed by atoms with Crippen LogP contribution in [0.4, 0.5) is 0 Å². The number of amides is 2. The SMILES string of the molecule is NC(=O)CCCNC(=O)C1=Cc2cc(Cl)ccc2OC1. The number of rotatable bonds is 5. The third-order valence-corrected chi connectivity index (χ3v) is 3.10. The molecule has 2 amide bonds. The second kappa shape index (κ2) is 6.43. The van der Waals surface area contributed by atoms with Gasteiger partial charge in [-0.05, 0) is 30.7 Å². The van der Waals surface area contributed by atoms with Crippen LogP contribution < -0.4 is 15.8 Å². The van der Waals surface area contributed by atoms with E-state index in [-0.39, 0.29) is 24.8 Å². The highest BCUT2D eigenvalue weighted by atomic mass is 35.5. The molecule has 20 heavy (non-hydrogen) atoms. The first-order valence-electron chi connectivity index (χ1n) is 6.25. The van der Waals surface area contributed by atoms with E-state index in [1.54, 1.807) is 24.3 Å². The molecule has 1 aliphatic heterocycles. The first-order chi connectivity index (χ1) is 9.56. The van der Waals surface area contributed by atoms with Gasteiger partial charge in [0, 0.05) is 23.6 Å². The maximum Gasteiger partial charge on any atom is 0.250 e. The molecule has 5 nitrogen and oxygen atoms in total. The van der Waals surface area contributed by atoms with Gasteiger partial charge in [-0.15, -0.1) is 0 Å². The molecule has 0 atom stereocenters. The van der Waals surface area contributed by atoms with Gasteiger partial charge in [0.2, 0.25) is 5.91 Å². The second-order valence-corrected chi connectivity index (χ2v) is 4.90. The van der Waals surface area contributed by atoms with E-state index < -0.39 is 0 Å². The van der Waals surface area contributed by atoms with Gasteiger partial charge < -0.3 is 15.8 Å². The number of carbonyl (C=O) groups excluding carboxylic acids is 2. The zero-order valence-corrected chi connectivity index (χ0v) is 11.6. The molecule has 0 bridgehead atoms. The van der Waals surface area contributed by atoms with Crippen molar-refractivity contribution in [3.63, 3.8) is 0 Å². The Morgan fingerprint density at radius 3 is 2.95 bits per heavy atom. The number of benzene rings is 1. The lowest BCUT2D eigenvalue weighted by atomic mass is 10.1. The van der Waals surface area contributed by atoms with Crippen LogP contribution in [0.25, 0.3) is 6.08 Å². The minimum Gasteiger partial charge on any atom is -0.488 e. The summed E-state index contributed by atoms with van der Waals surface area (Å²) in [6.45, 7) is 0.623. The van der Waals surface area contributed by atoms with Crippen LogP contribution in [0.5, 0.6) is 5.75 Å². The van der Waals surface area contributed by atoms with E-state index in [4.69, 9.17) is 22.1 Å². The molecule has 0 unspecified atom stereocenters. The lowest BCUT2D eigenvalue weighted by Crippen LogP contribution is -2.30. The molecule has 1 heterocycles. The lowest BCUT2D eigenvalue weighted by Gasteiger charge is -2.17. The maximum atomic E-state index is 11.9. The highest BCUT2D eigenvalue weighted by Crippen LogP contribution is 2.28. The molecule has 106 valence electrons. The van der Waals surface area contributed by atoms with Gasteiger partial charge in [0.05, 0.1) is 5.57 Å². The van der Waals surface area contributed by atoms with Crippen LogP contribution in [0.15, 0.2) is 23.8 Å². The Hall–Kier alpha value is -2.01.